The van der Waals surface area contributed by atoms with E-state index >= 15 is 0 Å². The van der Waals surface area contributed by atoms with Crippen molar-refractivity contribution in [2.75, 3.05) is 0 Å². The molecule has 0 aliphatic carbocycles. The lowest BCUT2D eigenvalue weighted by atomic mass is 10.2. The van der Waals surface area contributed by atoms with Gasteiger partial charge in [-0.05, 0) is 29.5 Å². The second-order valence-electron chi connectivity index (χ2n) is 4.86. The maximum absolute atomic E-state index is 11.8. The average Bonchev–Trinajstić information content (AvgIpc) is 3.21. The topological polar surface area (TPSA) is 112 Å². The molecule has 0 atom stereocenters. The van der Waals surface area contributed by atoms with Gasteiger partial charge in [-0.15, -0.1) is 5.10 Å². The number of benzene rings is 1. The first-order chi connectivity index (χ1) is 11.2. The van der Waals surface area contributed by atoms with E-state index in [0.29, 0.717) is 24.1 Å². The zero-order valence-electron chi connectivity index (χ0n) is 12.5. The summed E-state index contributed by atoms with van der Waals surface area (Å²) in [4.78, 5) is 16.1. The Bertz CT molecular complexity index is 781. The quantitative estimate of drug-likeness (QED) is 0.714. The molecule has 0 spiro atoms. The Balaban J connectivity index is 1.50. The third kappa shape index (κ3) is 3.76. The lowest BCUT2D eigenvalue weighted by Crippen LogP contribution is -2.24. The highest BCUT2D eigenvalue weighted by Gasteiger charge is 2.10. The predicted molar refractivity (Wildman–Crippen MR) is 78.8 cm³/mol. The van der Waals surface area contributed by atoms with Crippen LogP contribution in [0.25, 0.3) is 11.5 Å². The lowest BCUT2D eigenvalue weighted by Gasteiger charge is -2.02. The first kappa shape index (κ1) is 14.8. The summed E-state index contributed by atoms with van der Waals surface area (Å²) in [5, 5.41) is 17.6. The minimum absolute atomic E-state index is 0.133. The predicted octanol–water partition coefficient (Wildman–Crippen LogP) is 0.738. The van der Waals surface area contributed by atoms with Crippen molar-refractivity contribution in [1.29, 1.82) is 0 Å². The molecule has 0 aliphatic heterocycles. The molecule has 0 bridgehead atoms. The third-order valence-electron chi connectivity index (χ3n) is 3.19. The molecule has 0 unspecified atom stereocenters. The first-order valence-corrected chi connectivity index (χ1v) is 7.10. The number of tetrazole rings is 1. The number of amides is 1. The molecule has 1 N–H and O–H groups in total. The highest BCUT2D eigenvalue weighted by Crippen LogP contribution is 2.15. The number of carbonyl (C=O) groups is 1. The molecule has 2 heterocycles. The van der Waals surface area contributed by atoms with Gasteiger partial charge in [0.05, 0.1) is 13.1 Å². The maximum Gasteiger partial charge on any atom is 0.257 e. The molecule has 3 rings (SSSR count). The van der Waals surface area contributed by atoms with Crippen LogP contribution < -0.4 is 5.32 Å². The monoisotopic (exact) mass is 313 g/mol. The van der Waals surface area contributed by atoms with Gasteiger partial charge >= 0.3 is 0 Å². The van der Waals surface area contributed by atoms with Crippen molar-refractivity contribution in [3.63, 3.8) is 0 Å². The largest absolute Gasteiger partial charge is 0.349 e. The van der Waals surface area contributed by atoms with E-state index in [1.807, 2.05) is 30.3 Å². The fourth-order valence-electron chi connectivity index (χ4n) is 1.95. The van der Waals surface area contributed by atoms with Crippen molar-refractivity contribution in [1.82, 2.24) is 35.7 Å². The number of hydrogen-bond donors (Lipinski definition) is 1. The molecule has 0 fully saturated rings. The number of carbonyl (C=O) groups excluding carboxylic acids is 1. The number of rotatable bonds is 6. The normalized spacial score (nSPS) is 10.7. The van der Waals surface area contributed by atoms with E-state index in [1.165, 1.54) is 0 Å². The van der Waals surface area contributed by atoms with Crippen molar-refractivity contribution < 1.29 is 9.32 Å². The molecule has 3 aromatic rings. The molecule has 0 saturated heterocycles. The summed E-state index contributed by atoms with van der Waals surface area (Å²) in [7, 11) is 0. The van der Waals surface area contributed by atoms with Crippen LogP contribution in [0, 0.1) is 6.92 Å². The summed E-state index contributed by atoms with van der Waals surface area (Å²) < 4.78 is 6.75. The smallest absolute Gasteiger partial charge is 0.257 e. The van der Waals surface area contributed by atoms with Gasteiger partial charge in [0, 0.05) is 12.0 Å². The Morgan fingerprint density at radius 1 is 1.30 bits per heavy atom. The van der Waals surface area contributed by atoms with Gasteiger partial charge in [-0.1, -0.05) is 23.4 Å². The molecule has 9 nitrogen and oxygen atoms in total. The van der Waals surface area contributed by atoms with Gasteiger partial charge in [-0.25, -0.2) is 4.68 Å². The summed E-state index contributed by atoms with van der Waals surface area (Å²) in [6, 6.07) is 9.45. The third-order valence-corrected chi connectivity index (χ3v) is 3.19. The molecule has 2 aromatic heterocycles. The average molecular weight is 313 g/mol. The van der Waals surface area contributed by atoms with E-state index in [4.69, 9.17) is 4.52 Å². The Labute approximate surface area is 131 Å². The number of aromatic nitrogens is 6. The van der Waals surface area contributed by atoms with Crippen LogP contribution in [0.5, 0.6) is 0 Å². The molecule has 0 aliphatic rings. The van der Waals surface area contributed by atoms with Crippen LogP contribution in [0.15, 0.2) is 34.9 Å². The maximum atomic E-state index is 11.8. The van der Waals surface area contributed by atoms with Crippen LogP contribution in [0.3, 0.4) is 0 Å². The second kappa shape index (κ2) is 6.77. The molecule has 1 aromatic carbocycles. The SMILES string of the molecule is Cc1nnnn1CCC(=O)NCc1noc(-c2ccccc2)n1. The highest BCUT2D eigenvalue weighted by molar-refractivity contribution is 5.75. The highest BCUT2D eigenvalue weighted by atomic mass is 16.5. The fourth-order valence-corrected chi connectivity index (χ4v) is 1.95. The van der Waals surface area contributed by atoms with Crippen molar-refractivity contribution in [2.45, 2.75) is 26.4 Å². The standard InChI is InChI=1S/C14H15N7O2/c1-10-17-19-20-21(10)8-7-13(22)15-9-12-16-14(23-18-12)11-5-3-2-4-6-11/h2-6H,7-9H2,1H3,(H,15,22). The van der Waals surface area contributed by atoms with E-state index in [-0.39, 0.29) is 18.9 Å². The van der Waals surface area contributed by atoms with E-state index < -0.39 is 0 Å². The van der Waals surface area contributed by atoms with Gasteiger partial charge in [-0.2, -0.15) is 4.98 Å². The fraction of sp³-hybridized carbons (Fsp3) is 0.286. The van der Waals surface area contributed by atoms with Crippen LogP contribution >= 0.6 is 0 Å². The van der Waals surface area contributed by atoms with Crippen molar-refractivity contribution in [2.24, 2.45) is 0 Å². The zero-order chi connectivity index (χ0) is 16.1. The molecule has 0 radical (unpaired) electrons. The van der Waals surface area contributed by atoms with E-state index in [9.17, 15) is 4.79 Å². The zero-order valence-corrected chi connectivity index (χ0v) is 12.5. The lowest BCUT2D eigenvalue weighted by molar-refractivity contribution is -0.121. The Hall–Kier alpha value is -3.10. The summed E-state index contributed by atoms with van der Waals surface area (Å²) in [5.41, 5.74) is 0.840. The van der Waals surface area contributed by atoms with E-state index in [0.717, 1.165) is 5.56 Å². The van der Waals surface area contributed by atoms with Gasteiger partial charge in [0.25, 0.3) is 5.89 Å². The first-order valence-electron chi connectivity index (χ1n) is 7.10. The molecule has 118 valence electrons. The Morgan fingerprint density at radius 2 is 2.13 bits per heavy atom. The van der Waals surface area contributed by atoms with Crippen LogP contribution in [-0.2, 0) is 17.9 Å². The van der Waals surface area contributed by atoms with E-state index in [1.54, 1.807) is 11.6 Å². The van der Waals surface area contributed by atoms with Crippen molar-refractivity contribution in [3.05, 3.63) is 42.0 Å². The van der Waals surface area contributed by atoms with Gasteiger partial charge in [0.2, 0.25) is 5.91 Å². The molecular weight excluding hydrogens is 298 g/mol. The van der Waals surface area contributed by atoms with Gasteiger partial charge < -0.3 is 9.84 Å². The Kier molecular flexibility index (Phi) is 4.37. The van der Waals surface area contributed by atoms with Crippen LogP contribution in [0.4, 0.5) is 0 Å². The van der Waals surface area contributed by atoms with Crippen LogP contribution in [0.1, 0.15) is 18.1 Å². The molecule has 9 heteroatoms. The molecule has 1 amide bonds. The summed E-state index contributed by atoms with van der Waals surface area (Å²) in [6.45, 7) is 2.41. The minimum Gasteiger partial charge on any atom is -0.349 e. The van der Waals surface area contributed by atoms with Gasteiger partial charge in [0.1, 0.15) is 5.82 Å². The number of aryl methyl sites for hydroxylation is 2. The number of hydrogen-bond acceptors (Lipinski definition) is 7. The van der Waals surface area contributed by atoms with Crippen molar-refractivity contribution >= 4 is 5.91 Å². The van der Waals surface area contributed by atoms with E-state index in [2.05, 4.69) is 31.0 Å². The second-order valence-corrected chi connectivity index (χ2v) is 4.86. The van der Waals surface area contributed by atoms with Crippen LogP contribution in [0.2, 0.25) is 0 Å². The summed E-state index contributed by atoms with van der Waals surface area (Å²) in [5.74, 6) is 1.39. The van der Waals surface area contributed by atoms with Gasteiger partial charge in [-0.3, -0.25) is 4.79 Å². The molecule has 0 saturated carbocycles. The number of nitrogens with zero attached hydrogens (tertiary/aromatic N) is 6. The van der Waals surface area contributed by atoms with Crippen LogP contribution in [-0.4, -0.2) is 36.3 Å². The molecule has 23 heavy (non-hydrogen) atoms. The summed E-state index contributed by atoms with van der Waals surface area (Å²) in [6.07, 6.45) is 0.273. The summed E-state index contributed by atoms with van der Waals surface area (Å²) >= 11 is 0. The molecular formula is C14H15N7O2. The number of nitrogens with one attached hydrogen (secondary N) is 1. The minimum atomic E-state index is -0.133. The van der Waals surface area contributed by atoms with Gasteiger partial charge in [0.15, 0.2) is 5.82 Å². The Morgan fingerprint density at radius 3 is 2.87 bits per heavy atom. The van der Waals surface area contributed by atoms with Crippen molar-refractivity contribution in [3.8, 4) is 11.5 Å².